The zero-order valence-electron chi connectivity index (χ0n) is 18.7. The van der Waals surface area contributed by atoms with Crippen LogP contribution in [0.3, 0.4) is 0 Å². The summed E-state index contributed by atoms with van der Waals surface area (Å²) in [5, 5.41) is 12.1. The Balaban J connectivity index is 1.65. The number of non-ortho nitro benzene ring substituents is 1. The third-order valence-electron chi connectivity index (χ3n) is 6.14. The first-order valence-corrected chi connectivity index (χ1v) is 11.1. The van der Waals surface area contributed by atoms with E-state index in [2.05, 4.69) is 23.6 Å². The van der Waals surface area contributed by atoms with Crippen LogP contribution in [0.1, 0.15) is 13.8 Å². The minimum atomic E-state index is -0.400. The summed E-state index contributed by atoms with van der Waals surface area (Å²) >= 11 is 0. The largest absolute Gasteiger partial charge is 0.377 e. The van der Waals surface area contributed by atoms with E-state index in [9.17, 15) is 10.1 Å². The topological polar surface area (TPSA) is 107 Å². The highest BCUT2D eigenvalue weighted by Crippen LogP contribution is 2.31. The van der Waals surface area contributed by atoms with Gasteiger partial charge in [0.25, 0.3) is 5.69 Å². The molecule has 10 nitrogen and oxygen atoms in total. The third kappa shape index (κ3) is 4.19. The van der Waals surface area contributed by atoms with Crippen molar-refractivity contribution in [1.82, 2.24) is 15.0 Å². The van der Waals surface area contributed by atoms with Crippen molar-refractivity contribution in [3.8, 4) is 11.3 Å². The van der Waals surface area contributed by atoms with E-state index in [4.69, 9.17) is 24.4 Å². The normalized spacial score (nSPS) is 21.4. The van der Waals surface area contributed by atoms with Gasteiger partial charge in [0.05, 0.1) is 54.5 Å². The van der Waals surface area contributed by atoms with E-state index in [1.165, 1.54) is 12.1 Å². The van der Waals surface area contributed by atoms with Crippen molar-refractivity contribution in [2.24, 2.45) is 0 Å². The van der Waals surface area contributed by atoms with Gasteiger partial charge < -0.3 is 19.3 Å². The molecule has 2 saturated heterocycles. The first kappa shape index (κ1) is 21.5. The Kier molecular flexibility index (Phi) is 5.77. The molecule has 1 aromatic carbocycles. The quantitative estimate of drug-likeness (QED) is 0.438. The van der Waals surface area contributed by atoms with Gasteiger partial charge in [-0.05, 0) is 26.0 Å². The first-order valence-electron chi connectivity index (χ1n) is 11.1. The lowest BCUT2D eigenvalue weighted by Crippen LogP contribution is -2.46. The second kappa shape index (κ2) is 8.87. The van der Waals surface area contributed by atoms with Crippen LogP contribution in [-0.4, -0.2) is 71.5 Å². The van der Waals surface area contributed by atoms with Crippen LogP contribution in [0.4, 0.5) is 17.5 Å². The van der Waals surface area contributed by atoms with E-state index in [0.29, 0.717) is 55.8 Å². The summed E-state index contributed by atoms with van der Waals surface area (Å²) in [7, 11) is 0. The van der Waals surface area contributed by atoms with E-state index >= 15 is 0 Å². The number of hydrogen-bond donors (Lipinski definition) is 0. The number of nitrogens with zero attached hydrogens (tertiary/aromatic N) is 6. The molecule has 2 atom stereocenters. The number of fused-ring (bicyclic) bond motifs is 1. The molecular formula is C23H26N6O4. The molecule has 4 heterocycles. The fourth-order valence-electron chi connectivity index (χ4n) is 4.34. The van der Waals surface area contributed by atoms with Gasteiger partial charge in [-0.15, -0.1) is 0 Å². The average Bonchev–Trinajstić information content (AvgIpc) is 2.84. The van der Waals surface area contributed by atoms with Gasteiger partial charge in [-0.3, -0.25) is 10.1 Å². The zero-order valence-corrected chi connectivity index (χ0v) is 18.7. The van der Waals surface area contributed by atoms with Gasteiger partial charge in [-0.25, -0.2) is 4.98 Å². The van der Waals surface area contributed by atoms with Gasteiger partial charge in [0.1, 0.15) is 5.82 Å². The molecule has 10 heteroatoms. The number of hydrogen-bond acceptors (Lipinski definition) is 9. The number of morpholine rings is 2. The fraction of sp³-hybridized carbons (Fsp3) is 0.435. The SMILES string of the molecule is C[C@H]1COCCN1c1nc(N2CCOC[C@@H]2C)c2ccc(-c3cccc([N+](=O)[O-])c3)nc2n1. The van der Waals surface area contributed by atoms with Crippen LogP contribution in [0.15, 0.2) is 36.4 Å². The van der Waals surface area contributed by atoms with Crippen molar-refractivity contribution in [2.75, 3.05) is 49.3 Å². The number of benzene rings is 1. The van der Waals surface area contributed by atoms with Crippen LogP contribution >= 0.6 is 0 Å². The lowest BCUT2D eigenvalue weighted by molar-refractivity contribution is -0.384. The Morgan fingerprint density at radius 3 is 2.39 bits per heavy atom. The minimum Gasteiger partial charge on any atom is -0.377 e. The highest BCUT2D eigenvalue weighted by atomic mass is 16.6. The Morgan fingerprint density at radius 2 is 1.70 bits per heavy atom. The number of anilines is 2. The number of aromatic nitrogens is 3. The number of rotatable bonds is 4. The van der Waals surface area contributed by atoms with E-state index in [1.54, 1.807) is 6.07 Å². The van der Waals surface area contributed by atoms with Crippen molar-refractivity contribution in [2.45, 2.75) is 25.9 Å². The van der Waals surface area contributed by atoms with Crippen LogP contribution in [-0.2, 0) is 9.47 Å². The Hall–Kier alpha value is -3.37. The zero-order chi connectivity index (χ0) is 22.9. The lowest BCUT2D eigenvalue weighted by Gasteiger charge is -2.37. The molecule has 0 aliphatic carbocycles. The first-order chi connectivity index (χ1) is 16.0. The summed E-state index contributed by atoms with van der Waals surface area (Å²) in [4.78, 5) is 29.9. The van der Waals surface area contributed by atoms with Crippen LogP contribution in [0, 0.1) is 10.1 Å². The van der Waals surface area contributed by atoms with Crippen molar-refractivity contribution < 1.29 is 14.4 Å². The molecule has 0 N–H and O–H groups in total. The number of nitro benzene ring substituents is 1. The molecule has 2 fully saturated rings. The summed E-state index contributed by atoms with van der Waals surface area (Å²) in [5.41, 5.74) is 1.90. The third-order valence-corrected chi connectivity index (χ3v) is 6.14. The highest BCUT2D eigenvalue weighted by Gasteiger charge is 2.27. The molecule has 0 unspecified atom stereocenters. The molecule has 0 saturated carbocycles. The van der Waals surface area contributed by atoms with Gasteiger partial charge >= 0.3 is 0 Å². The fourth-order valence-corrected chi connectivity index (χ4v) is 4.34. The van der Waals surface area contributed by atoms with E-state index in [-0.39, 0.29) is 17.8 Å². The van der Waals surface area contributed by atoms with Crippen molar-refractivity contribution in [3.05, 3.63) is 46.5 Å². The van der Waals surface area contributed by atoms with Gasteiger partial charge in [-0.1, -0.05) is 12.1 Å². The minimum absolute atomic E-state index is 0.0303. The van der Waals surface area contributed by atoms with Gasteiger partial charge in [-0.2, -0.15) is 9.97 Å². The van der Waals surface area contributed by atoms with Crippen LogP contribution in [0.5, 0.6) is 0 Å². The van der Waals surface area contributed by atoms with E-state index in [0.717, 1.165) is 17.7 Å². The summed E-state index contributed by atoms with van der Waals surface area (Å²) in [6.45, 7) is 8.16. The maximum Gasteiger partial charge on any atom is 0.270 e. The molecule has 3 aromatic rings. The smallest absolute Gasteiger partial charge is 0.270 e. The molecular weight excluding hydrogens is 424 g/mol. The lowest BCUT2D eigenvalue weighted by atomic mass is 10.1. The molecule has 2 aliphatic heterocycles. The molecule has 0 spiro atoms. The molecule has 5 rings (SSSR count). The molecule has 0 amide bonds. The second-order valence-electron chi connectivity index (χ2n) is 8.46. The number of pyridine rings is 1. The maximum absolute atomic E-state index is 11.2. The van der Waals surface area contributed by atoms with Crippen molar-refractivity contribution >= 4 is 28.5 Å². The second-order valence-corrected chi connectivity index (χ2v) is 8.46. The molecule has 172 valence electrons. The highest BCUT2D eigenvalue weighted by molar-refractivity contribution is 5.90. The summed E-state index contributed by atoms with van der Waals surface area (Å²) in [6.07, 6.45) is 0. The predicted octanol–water partition coefficient (Wildman–Crippen LogP) is 3.05. The molecule has 2 aliphatic rings. The molecule has 0 bridgehead atoms. The standard InChI is InChI=1S/C23H26N6O4/c1-15-13-32-10-8-27(15)22-19-6-7-20(17-4-3-5-18(12-17)29(30)31)24-21(19)25-23(26-22)28-9-11-33-14-16(28)2/h3-7,12,15-16H,8-11,13-14H2,1-2H3/t15-,16-/m0/s1. The molecule has 0 radical (unpaired) electrons. The number of ether oxygens (including phenoxy) is 2. The van der Waals surface area contributed by atoms with Crippen LogP contribution < -0.4 is 9.80 Å². The monoisotopic (exact) mass is 450 g/mol. The van der Waals surface area contributed by atoms with Gasteiger partial charge in [0.2, 0.25) is 5.95 Å². The molecule has 33 heavy (non-hydrogen) atoms. The summed E-state index contributed by atoms with van der Waals surface area (Å²) < 4.78 is 11.2. The van der Waals surface area contributed by atoms with Crippen LogP contribution in [0.25, 0.3) is 22.3 Å². The Labute approximate surface area is 191 Å². The van der Waals surface area contributed by atoms with Crippen LogP contribution in [0.2, 0.25) is 0 Å². The van der Waals surface area contributed by atoms with Gasteiger partial charge in [0.15, 0.2) is 5.65 Å². The van der Waals surface area contributed by atoms with E-state index < -0.39 is 4.92 Å². The Bertz CT molecular complexity index is 1190. The average molecular weight is 450 g/mol. The van der Waals surface area contributed by atoms with Crippen molar-refractivity contribution in [1.29, 1.82) is 0 Å². The number of nitro groups is 1. The molecule has 2 aromatic heterocycles. The van der Waals surface area contributed by atoms with Gasteiger partial charge in [0, 0.05) is 30.8 Å². The summed E-state index contributed by atoms with van der Waals surface area (Å²) in [6, 6.07) is 10.6. The Morgan fingerprint density at radius 1 is 0.970 bits per heavy atom. The predicted molar refractivity (Wildman–Crippen MR) is 125 cm³/mol. The summed E-state index contributed by atoms with van der Waals surface area (Å²) in [5.74, 6) is 1.46. The van der Waals surface area contributed by atoms with E-state index in [1.807, 2.05) is 18.2 Å². The van der Waals surface area contributed by atoms with Crippen molar-refractivity contribution in [3.63, 3.8) is 0 Å². The maximum atomic E-state index is 11.2.